The lowest BCUT2D eigenvalue weighted by Gasteiger charge is -2.19. The van der Waals surface area contributed by atoms with Crippen LogP contribution in [-0.2, 0) is 20.9 Å². The van der Waals surface area contributed by atoms with E-state index in [-0.39, 0.29) is 18.6 Å². The van der Waals surface area contributed by atoms with Crippen molar-refractivity contribution < 1.29 is 14.3 Å². The molecule has 0 radical (unpaired) electrons. The first-order valence-corrected chi connectivity index (χ1v) is 11.7. The van der Waals surface area contributed by atoms with Crippen LogP contribution < -0.4 is 5.73 Å². The Labute approximate surface area is 195 Å². The molecule has 0 spiro atoms. The summed E-state index contributed by atoms with van der Waals surface area (Å²) in [5, 5.41) is 1.60. The minimum atomic E-state index is -0.415. The van der Waals surface area contributed by atoms with Crippen LogP contribution in [0.15, 0.2) is 70.7 Å². The molecule has 0 unspecified atom stereocenters. The topological polar surface area (TPSA) is 89.9 Å². The zero-order chi connectivity index (χ0) is 22.8. The van der Waals surface area contributed by atoms with Crippen molar-refractivity contribution in [2.24, 2.45) is 10.7 Å². The van der Waals surface area contributed by atoms with Crippen molar-refractivity contribution in [3.05, 3.63) is 71.3 Å². The highest BCUT2D eigenvalue weighted by molar-refractivity contribution is 8.18. The lowest BCUT2D eigenvalue weighted by atomic mass is 10.1. The molecule has 2 aromatic carbocycles. The number of amides is 2. The van der Waals surface area contributed by atoms with E-state index in [1.54, 1.807) is 4.90 Å². The SMILES string of the molecule is NC(=O)Cn1cc(/C=C2\SC(=Nc3ccccc3)N(C[C@@H]3CCCO3)C2=O)c2ccccc21. The predicted octanol–water partition coefficient (Wildman–Crippen LogP) is 3.91. The highest BCUT2D eigenvalue weighted by Crippen LogP contribution is 2.36. The molecule has 2 amide bonds. The second-order valence-electron chi connectivity index (χ2n) is 8.09. The molecule has 5 rings (SSSR count). The van der Waals surface area contributed by atoms with Gasteiger partial charge in [0.25, 0.3) is 5.91 Å². The number of para-hydroxylation sites is 2. The first-order chi connectivity index (χ1) is 16.1. The summed E-state index contributed by atoms with van der Waals surface area (Å²) in [7, 11) is 0. The van der Waals surface area contributed by atoms with Crippen molar-refractivity contribution in [1.82, 2.24) is 9.47 Å². The van der Waals surface area contributed by atoms with E-state index < -0.39 is 5.91 Å². The molecular weight excluding hydrogens is 436 g/mol. The summed E-state index contributed by atoms with van der Waals surface area (Å²) in [6.45, 7) is 1.29. The minimum absolute atomic E-state index is 0.0207. The average molecular weight is 461 g/mol. The third-order valence-corrected chi connectivity index (χ3v) is 6.72. The molecule has 1 aromatic heterocycles. The van der Waals surface area contributed by atoms with Crippen LogP contribution in [0.5, 0.6) is 0 Å². The molecule has 7 nitrogen and oxygen atoms in total. The zero-order valence-electron chi connectivity index (χ0n) is 18.0. The van der Waals surface area contributed by atoms with Gasteiger partial charge in [0.15, 0.2) is 5.17 Å². The van der Waals surface area contributed by atoms with E-state index in [0.717, 1.165) is 41.6 Å². The number of hydrogen-bond donors (Lipinski definition) is 1. The average Bonchev–Trinajstić information content (AvgIpc) is 3.51. The number of ether oxygens (including phenoxy) is 1. The van der Waals surface area contributed by atoms with E-state index >= 15 is 0 Å². The lowest BCUT2D eigenvalue weighted by Crippen LogP contribution is -2.36. The number of hydrogen-bond acceptors (Lipinski definition) is 5. The predicted molar refractivity (Wildman–Crippen MR) is 131 cm³/mol. The smallest absolute Gasteiger partial charge is 0.266 e. The quantitative estimate of drug-likeness (QED) is 0.565. The zero-order valence-corrected chi connectivity index (χ0v) is 18.8. The highest BCUT2D eigenvalue weighted by Gasteiger charge is 2.36. The van der Waals surface area contributed by atoms with Crippen molar-refractivity contribution in [3.63, 3.8) is 0 Å². The molecule has 8 heteroatoms. The largest absolute Gasteiger partial charge is 0.376 e. The number of primary amides is 1. The van der Waals surface area contributed by atoms with Crippen LogP contribution in [-0.4, -0.2) is 45.7 Å². The van der Waals surface area contributed by atoms with Crippen LogP contribution in [0.1, 0.15) is 18.4 Å². The Morgan fingerprint density at radius 3 is 2.73 bits per heavy atom. The number of benzene rings is 2. The fourth-order valence-corrected chi connectivity index (χ4v) is 5.19. The molecule has 1 atom stereocenters. The van der Waals surface area contributed by atoms with Gasteiger partial charge in [0, 0.05) is 29.3 Å². The molecule has 2 aliphatic rings. The Morgan fingerprint density at radius 1 is 1.18 bits per heavy atom. The molecule has 2 aliphatic heterocycles. The number of nitrogens with two attached hydrogens (primary N) is 1. The van der Waals surface area contributed by atoms with Crippen LogP contribution in [0.4, 0.5) is 5.69 Å². The van der Waals surface area contributed by atoms with E-state index in [1.165, 1.54) is 11.8 Å². The maximum Gasteiger partial charge on any atom is 0.266 e. The Kier molecular flexibility index (Phi) is 6.02. The van der Waals surface area contributed by atoms with Crippen LogP contribution in [0.25, 0.3) is 17.0 Å². The molecule has 0 aliphatic carbocycles. The molecule has 2 N–H and O–H groups in total. The number of rotatable bonds is 6. The summed E-state index contributed by atoms with van der Waals surface area (Å²) < 4.78 is 7.61. The van der Waals surface area contributed by atoms with Crippen molar-refractivity contribution >= 4 is 51.4 Å². The Hall–Kier alpha value is -3.36. The summed E-state index contributed by atoms with van der Waals surface area (Å²) in [6.07, 6.45) is 5.71. The normalized spacial score (nSPS) is 21.0. The fraction of sp³-hybridized carbons (Fsp3) is 0.240. The second kappa shape index (κ2) is 9.25. The summed E-state index contributed by atoms with van der Waals surface area (Å²) in [5.74, 6) is -0.502. The van der Waals surface area contributed by atoms with E-state index in [2.05, 4.69) is 0 Å². The maximum absolute atomic E-state index is 13.4. The van der Waals surface area contributed by atoms with Crippen LogP contribution >= 0.6 is 11.8 Å². The van der Waals surface area contributed by atoms with Crippen molar-refractivity contribution in [1.29, 1.82) is 0 Å². The summed E-state index contributed by atoms with van der Waals surface area (Å²) in [5.41, 5.74) is 7.98. The molecular formula is C25H24N4O3S. The van der Waals surface area contributed by atoms with Crippen molar-refractivity contribution in [2.45, 2.75) is 25.5 Å². The maximum atomic E-state index is 13.4. The molecule has 33 heavy (non-hydrogen) atoms. The van der Waals surface area contributed by atoms with E-state index in [9.17, 15) is 9.59 Å². The van der Waals surface area contributed by atoms with Gasteiger partial charge in [-0.05, 0) is 48.9 Å². The highest BCUT2D eigenvalue weighted by atomic mass is 32.2. The molecule has 3 aromatic rings. The van der Waals surface area contributed by atoms with Crippen molar-refractivity contribution in [3.8, 4) is 0 Å². The van der Waals surface area contributed by atoms with E-state index in [1.807, 2.05) is 71.4 Å². The monoisotopic (exact) mass is 460 g/mol. The first kappa shape index (κ1) is 21.5. The van der Waals surface area contributed by atoms with Crippen LogP contribution in [0, 0.1) is 0 Å². The van der Waals surface area contributed by atoms with Gasteiger partial charge < -0.3 is 15.0 Å². The molecule has 2 fully saturated rings. The number of thioether (sulfide) groups is 1. The molecule has 2 saturated heterocycles. The van der Waals surface area contributed by atoms with Gasteiger partial charge in [0.1, 0.15) is 6.54 Å². The van der Waals surface area contributed by atoms with Gasteiger partial charge in [-0.1, -0.05) is 36.4 Å². The standard InChI is InChI=1S/C25H24N4O3S/c26-23(30)16-28-14-17(20-10-4-5-11-21(20)28)13-22-24(31)29(15-19-9-6-12-32-19)25(33-22)27-18-7-2-1-3-8-18/h1-5,7-8,10-11,13-14,19H,6,9,12,15-16H2,(H2,26,30)/b22-13-,27-25?/t19-/m0/s1. The molecule has 3 heterocycles. The first-order valence-electron chi connectivity index (χ1n) is 10.9. The number of fused-ring (bicyclic) bond motifs is 1. The summed E-state index contributed by atoms with van der Waals surface area (Å²) in [6, 6.07) is 17.4. The number of carbonyl (C=O) groups is 2. The number of aliphatic imine (C=N–C) groups is 1. The van der Waals surface area contributed by atoms with Gasteiger partial charge in [0.05, 0.1) is 23.2 Å². The Bertz CT molecular complexity index is 1260. The van der Waals surface area contributed by atoms with Crippen LogP contribution in [0.2, 0.25) is 0 Å². The lowest BCUT2D eigenvalue weighted by molar-refractivity contribution is -0.123. The van der Waals surface area contributed by atoms with Gasteiger partial charge in [-0.2, -0.15) is 0 Å². The fourth-order valence-electron chi connectivity index (χ4n) is 4.19. The van der Waals surface area contributed by atoms with Gasteiger partial charge in [-0.25, -0.2) is 4.99 Å². The van der Waals surface area contributed by atoms with Crippen LogP contribution in [0.3, 0.4) is 0 Å². The summed E-state index contributed by atoms with van der Waals surface area (Å²) >= 11 is 1.36. The number of nitrogens with zero attached hydrogens (tertiary/aromatic N) is 3. The Morgan fingerprint density at radius 2 is 1.97 bits per heavy atom. The van der Waals surface area contributed by atoms with Gasteiger partial charge in [-0.15, -0.1) is 0 Å². The van der Waals surface area contributed by atoms with E-state index in [4.69, 9.17) is 15.5 Å². The third kappa shape index (κ3) is 4.58. The number of amidine groups is 1. The number of aromatic nitrogens is 1. The third-order valence-electron chi connectivity index (χ3n) is 5.71. The molecule has 0 bridgehead atoms. The van der Waals surface area contributed by atoms with Crippen molar-refractivity contribution in [2.75, 3.05) is 13.2 Å². The van der Waals surface area contributed by atoms with Gasteiger partial charge in [-0.3, -0.25) is 14.5 Å². The molecule has 0 saturated carbocycles. The van der Waals surface area contributed by atoms with E-state index in [0.29, 0.717) is 16.6 Å². The van der Waals surface area contributed by atoms with Gasteiger partial charge >= 0.3 is 0 Å². The summed E-state index contributed by atoms with van der Waals surface area (Å²) in [4.78, 5) is 32.0. The molecule has 168 valence electrons. The second-order valence-corrected chi connectivity index (χ2v) is 9.10. The Balaban J connectivity index is 1.52. The van der Waals surface area contributed by atoms with Gasteiger partial charge in [0.2, 0.25) is 5.91 Å². The number of carbonyl (C=O) groups excluding carboxylic acids is 2. The minimum Gasteiger partial charge on any atom is -0.376 e.